The van der Waals surface area contributed by atoms with E-state index in [1.165, 1.54) is 19.3 Å². The molecule has 1 aromatic carbocycles. The van der Waals surface area contributed by atoms with E-state index in [2.05, 4.69) is 30.9 Å². The van der Waals surface area contributed by atoms with Gasteiger partial charge in [0.05, 0.1) is 6.04 Å². The van der Waals surface area contributed by atoms with E-state index < -0.39 is 23.3 Å². The predicted octanol–water partition coefficient (Wildman–Crippen LogP) is 4.38. The minimum atomic E-state index is -1.96. The highest BCUT2D eigenvalue weighted by Gasteiger charge is 2.37. The summed E-state index contributed by atoms with van der Waals surface area (Å²) in [6.07, 6.45) is 2.89. The van der Waals surface area contributed by atoms with Crippen LogP contribution in [-0.2, 0) is 5.60 Å². The van der Waals surface area contributed by atoms with Crippen molar-refractivity contribution >= 4 is 15.9 Å². The van der Waals surface area contributed by atoms with Gasteiger partial charge in [0.2, 0.25) is 0 Å². The van der Waals surface area contributed by atoms with Crippen molar-refractivity contribution in [3.05, 3.63) is 74.3 Å². The Hall–Kier alpha value is -2.02. The van der Waals surface area contributed by atoms with E-state index in [1.54, 1.807) is 6.07 Å². The van der Waals surface area contributed by atoms with Gasteiger partial charge < -0.3 is 5.11 Å². The second kappa shape index (κ2) is 6.39. The molecule has 0 saturated carbocycles. The molecule has 2 atom stereocenters. The fourth-order valence-corrected chi connectivity index (χ4v) is 2.55. The van der Waals surface area contributed by atoms with Crippen LogP contribution >= 0.6 is 15.9 Å². The molecule has 5 nitrogen and oxygen atoms in total. The molecule has 22 heavy (non-hydrogen) atoms. The Labute approximate surface area is 133 Å². The highest BCUT2D eigenvalue weighted by molar-refractivity contribution is 9.10. The van der Waals surface area contributed by atoms with Crippen LogP contribution < -0.4 is 0 Å². The fourth-order valence-electron chi connectivity index (χ4n) is 2.17. The van der Waals surface area contributed by atoms with E-state index in [-0.39, 0.29) is 5.56 Å². The highest BCUT2D eigenvalue weighted by Crippen LogP contribution is 2.39. The van der Waals surface area contributed by atoms with Gasteiger partial charge in [0.1, 0.15) is 17.2 Å². The number of hydrogen-bond donors (Lipinski definition) is 1. The molecule has 0 fully saturated rings. The molecule has 0 aliphatic heterocycles. The lowest BCUT2D eigenvalue weighted by molar-refractivity contribution is 0.0245. The summed E-state index contributed by atoms with van der Waals surface area (Å²) in [4.78, 5) is 6.62. The Bertz CT molecular complexity index is 747. The first-order chi connectivity index (χ1) is 10.4. The fraction of sp³-hybridized carbons (Fsp3) is 0.214. The summed E-state index contributed by atoms with van der Waals surface area (Å²) in [7, 11) is 0. The normalized spacial score (nSPS) is 14.8. The Morgan fingerprint density at radius 3 is 2.73 bits per heavy atom. The van der Waals surface area contributed by atoms with Crippen molar-refractivity contribution in [1.29, 1.82) is 0 Å². The molecule has 1 N–H and O–H groups in total. The van der Waals surface area contributed by atoms with Crippen LogP contribution in [0.25, 0.3) is 10.4 Å². The Kier molecular flexibility index (Phi) is 4.75. The first-order valence-corrected chi connectivity index (χ1v) is 6.98. The number of aromatic nitrogens is 1. The summed E-state index contributed by atoms with van der Waals surface area (Å²) in [6, 6.07) is 3.13. The average Bonchev–Trinajstić information content (AvgIpc) is 2.47. The largest absolute Gasteiger partial charge is 0.385 e. The van der Waals surface area contributed by atoms with Crippen LogP contribution in [-0.4, -0.2) is 10.1 Å². The predicted molar refractivity (Wildman–Crippen MR) is 79.8 cm³/mol. The summed E-state index contributed by atoms with van der Waals surface area (Å²) >= 11 is 3.22. The molecule has 1 heterocycles. The molecule has 0 spiro atoms. The van der Waals surface area contributed by atoms with Crippen LogP contribution in [0.1, 0.15) is 24.1 Å². The van der Waals surface area contributed by atoms with Gasteiger partial charge >= 0.3 is 0 Å². The molecule has 0 amide bonds. The first kappa shape index (κ1) is 16.4. The Morgan fingerprint density at radius 1 is 1.36 bits per heavy atom. The van der Waals surface area contributed by atoms with Crippen molar-refractivity contribution in [3.63, 3.8) is 0 Å². The zero-order chi connectivity index (χ0) is 16.3. The van der Waals surface area contributed by atoms with Gasteiger partial charge in [-0.15, -0.1) is 0 Å². The molecule has 0 bridgehead atoms. The van der Waals surface area contributed by atoms with Gasteiger partial charge in [-0.2, -0.15) is 0 Å². The summed E-state index contributed by atoms with van der Waals surface area (Å²) in [5.41, 5.74) is 6.85. The molecular weight excluding hydrogens is 358 g/mol. The molecule has 1 aromatic heterocycles. The first-order valence-electron chi connectivity index (χ1n) is 6.19. The molecule has 0 unspecified atom stereocenters. The topological polar surface area (TPSA) is 81.9 Å². The van der Waals surface area contributed by atoms with Crippen molar-refractivity contribution in [2.24, 2.45) is 5.11 Å². The third-order valence-electron chi connectivity index (χ3n) is 3.22. The molecule has 2 aromatic rings. The van der Waals surface area contributed by atoms with E-state index in [9.17, 15) is 13.9 Å². The third-order valence-corrected chi connectivity index (χ3v) is 3.65. The zero-order valence-corrected chi connectivity index (χ0v) is 13.0. The van der Waals surface area contributed by atoms with Crippen LogP contribution in [0.3, 0.4) is 0 Å². The number of benzene rings is 1. The second-order valence-corrected chi connectivity index (χ2v) is 5.73. The van der Waals surface area contributed by atoms with E-state index >= 15 is 0 Å². The number of pyridine rings is 1. The van der Waals surface area contributed by atoms with Gasteiger partial charge in [-0.25, -0.2) is 8.78 Å². The highest BCUT2D eigenvalue weighted by atomic mass is 79.9. The molecule has 0 radical (unpaired) electrons. The SMILES string of the molecule is C[C@@](O)(c1cc(F)ccc1F)[C@H](N=[N+]=[N-])c1cncc(Br)c1. The summed E-state index contributed by atoms with van der Waals surface area (Å²) in [6.45, 7) is 1.26. The van der Waals surface area contributed by atoms with Crippen molar-refractivity contribution in [3.8, 4) is 0 Å². The van der Waals surface area contributed by atoms with Gasteiger partial charge in [0, 0.05) is 27.3 Å². The summed E-state index contributed by atoms with van der Waals surface area (Å²) < 4.78 is 28.0. The van der Waals surface area contributed by atoms with Crippen molar-refractivity contribution < 1.29 is 13.9 Å². The lowest BCUT2D eigenvalue weighted by Gasteiger charge is -2.30. The Balaban J connectivity index is 2.60. The van der Waals surface area contributed by atoms with Crippen LogP contribution in [0, 0.1) is 11.6 Å². The number of rotatable bonds is 4. The summed E-state index contributed by atoms with van der Waals surface area (Å²) in [5, 5.41) is 14.2. The molecule has 2 rings (SSSR count). The van der Waals surface area contributed by atoms with Crippen molar-refractivity contribution in [2.45, 2.75) is 18.6 Å². The van der Waals surface area contributed by atoms with Gasteiger partial charge in [-0.05, 0) is 58.2 Å². The minimum Gasteiger partial charge on any atom is -0.385 e. The van der Waals surface area contributed by atoms with Gasteiger partial charge in [-0.3, -0.25) is 4.98 Å². The van der Waals surface area contributed by atoms with Gasteiger partial charge in [-0.1, -0.05) is 5.11 Å². The number of azide groups is 1. The van der Waals surface area contributed by atoms with E-state index in [0.717, 1.165) is 18.2 Å². The molecule has 114 valence electrons. The zero-order valence-electron chi connectivity index (χ0n) is 11.4. The maximum atomic E-state index is 14.0. The van der Waals surface area contributed by atoms with Gasteiger partial charge in [0.15, 0.2) is 0 Å². The van der Waals surface area contributed by atoms with E-state index in [0.29, 0.717) is 10.0 Å². The monoisotopic (exact) mass is 368 g/mol. The van der Waals surface area contributed by atoms with E-state index in [4.69, 9.17) is 5.53 Å². The van der Waals surface area contributed by atoms with Crippen LogP contribution in [0.4, 0.5) is 8.78 Å². The molecule has 0 aliphatic rings. The summed E-state index contributed by atoms with van der Waals surface area (Å²) in [5.74, 6) is -1.50. The minimum absolute atomic E-state index is 0.301. The molecule has 0 aliphatic carbocycles. The number of halogens is 3. The van der Waals surface area contributed by atoms with Crippen molar-refractivity contribution in [2.75, 3.05) is 0 Å². The maximum Gasteiger partial charge on any atom is 0.129 e. The van der Waals surface area contributed by atoms with Crippen LogP contribution in [0.2, 0.25) is 0 Å². The second-order valence-electron chi connectivity index (χ2n) is 4.82. The third kappa shape index (κ3) is 3.24. The molecule has 8 heteroatoms. The lowest BCUT2D eigenvalue weighted by atomic mass is 9.84. The van der Waals surface area contributed by atoms with E-state index in [1.807, 2.05) is 0 Å². The number of aliphatic hydroxyl groups is 1. The van der Waals surface area contributed by atoms with Crippen LogP contribution in [0.15, 0.2) is 46.2 Å². The van der Waals surface area contributed by atoms with Crippen LogP contribution in [0.5, 0.6) is 0 Å². The Morgan fingerprint density at radius 2 is 2.09 bits per heavy atom. The lowest BCUT2D eigenvalue weighted by Crippen LogP contribution is -2.30. The average molecular weight is 369 g/mol. The number of nitrogens with zero attached hydrogens (tertiary/aromatic N) is 4. The van der Waals surface area contributed by atoms with Gasteiger partial charge in [0.25, 0.3) is 0 Å². The number of hydrogen-bond acceptors (Lipinski definition) is 3. The quantitative estimate of drug-likeness (QED) is 0.493. The molecular formula is C14H11BrF2N4O. The smallest absolute Gasteiger partial charge is 0.129 e. The standard InChI is InChI=1S/C14H11BrF2N4O/c1-14(22,11-5-10(16)2-3-12(11)17)13(20-21-18)8-4-9(15)7-19-6-8/h2-7,13,22H,1H3/t13-,14-/m1/s1. The van der Waals surface area contributed by atoms with Crippen molar-refractivity contribution in [1.82, 2.24) is 4.98 Å². The molecule has 0 saturated heterocycles. The maximum absolute atomic E-state index is 14.0.